The number of aryl methyl sites for hydroxylation is 1. The summed E-state index contributed by atoms with van der Waals surface area (Å²) in [4.78, 5) is 51.7. The van der Waals surface area contributed by atoms with Crippen LogP contribution in [-0.4, -0.2) is 75.8 Å². The number of imide groups is 1. The molecule has 3 amide bonds. The quantitative estimate of drug-likeness (QED) is 0.392. The number of fused-ring (bicyclic) bond motifs is 1. The van der Waals surface area contributed by atoms with E-state index in [1.54, 1.807) is 30.6 Å². The third-order valence-electron chi connectivity index (χ3n) is 9.87. The molecule has 5 heterocycles. The number of benzene rings is 2. The molecule has 7 rings (SSSR count). The molecule has 2 aromatic carbocycles. The smallest absolute Gasteiger partial charge is 0.316 e. The van der Waals surface area contributed by atoms with Crippen LogP contribution in [0.1, 0.15) is 71.1 Å². The molecular formula is C35H39FN6O4. The molecular weight excluding hydrogens is 587 g/mol. The molecule has 4 aliphatic rings. The molecule has 0 spiro atoms. The number of nitrogens with zero attached hydrogens (tertiary/aromatic N) is 5. The summed E-state index contributed by atoms with van der Waals surface area (Å²) in [5.74, 6) is -0.998. The molecule has 10 nitrogen and oxygen atoms in total. The lowest BCUT2D eigenvalue weighted by atomic mass is 9.84. The normalized spacial score (nSPS) is 22.1. The fourth-order valence-corrected chi connectivity index (χ4v) is 7.10. The maximum absolute atomic E-state index is 16.3. The zero-order valence-corrected chi connectivity index (χ0v) is 26.1. The van der Waals surface area contributed by atoms with Gasteiger partial charge in [-0.05, 0) is 66.6 Å². The van der Waals surface area contributed by atoms with Gasteiger partial charge in [0.1, 0.15) is 17.8 Å². The molecule has 0 radical (unpaired) electrons. The molecule has 0 bridgehead atoms. The molecule has 11 heteroatoms. The molecule has 0 saturated carbocycles. The first kappa shape index (κ1) is 30.3. The van der Waals surface area contributed by atoms with Crippen LogP contribution in [0.3, 0.4) is 0 Å². The number of carbonyl (C=O) groups excluding carboxylic acids is 3. The van der Waals surface area contributed by atoms with E-state index < -0.39 is 17.6 Å². The van der Waals surface area contributed by atoms with Crippen molar-refractivity contribution in [3.63, 3.8) is 0 Å². The summed E-state index contributed by atoms with van der Waals surface area (Å²) in [6.07, 6.45) is 6.75. The first-order valence-electron chi connectivity index (χ1n) is 16.2. The van der Waals surface area contributed by atoms with Crippen molar-refractivity contribution in [2.75, 3.05) is 31.1 Å². The molecule has 3 fully saturated rings. The number of hydrogen-bond donors (Lipinski definition) is 1. The topological polar surface area (TPSA) is 108 Å². The lowest BCUT2D eigenvalue weighted by Gasteiger charge is -2.37. The lowest BCUT2D eigenvalue weighted by molar-refractivity contribution is -0.136. The van der Waals surface area contributed by atoms with Crippen molar-refractivity contribution in [1.29, 1.82) is 0 Å². The number of carbonyl (C=O) groups is 3. The number of ether oxygens (including phenoxy) is 1. The third-order valence-corrected chi connectivity index (χ3v) is 9.87. The van der Waals surface area contributed by atoms with Gasteiger partial charge in [0.05, 0.1) is 0 Å². The van der Waals surface area contributed by atoms with Crippen molar-refractivity contribution < 1.29 is 23.5 Å². The molecule has 3 saturated heterocycles. The highest BCUT2D eigenvalue weighted by Crippen LogP contribution is 2.40. The zero-order valence-electron chi connectivity index (χ0n) is 26.1. The predicted molar refractivity (Wildman–Crippen MR) is 169 cm³/mol. The van der Waals surface area contributed by atoms with Crippen LogP contribution in [0.4, 0.5) is 10.1 Å². The van der Waals surface area contributed by atoms with Crippen molar-refractivity contribution >= 4 is 23.4 Å². The minimum atomic E-state index is -1.47. The summed E-state index contributed by atoms with van der Waals surface area (Å²) in [5, 5.41) is 2.32. The molecule has 1 atom stereocenters. The Bertz CT molecular complexity index is 1610. The first-order valence-corrected chi connectivity index (χ1v) is 16.2. The Morgan fingerprint density at radius 3 is 2.37 bits per heavy atom. The van der Waals surface area contributed by atoms with Crippen molar-refractivity contribution in [2.45, 2.75) is 76.4 Å². The number of aromatic nitrogens is 2. The van der Waals surface area contributed by atoms with Crippen LogP contribution in [0.2, 0.25) is 0 Å². The summed E-state index contributed by atoms with van der Waals surface area (Å²) in [6.45, 7) is 6.06. The third kappa shape index (κ3) is 6.20. The number of likely N-dealkylation sites (tertiary alicyclic amines) is 1. The number of anilines is 1. The van der Waals surface area contributed by atoms with E-state index in [-0.39, 0.29) is 30.9 Å². The van der Waals surface area contributed by atoms with Gasteiger partial charge >= 0.3 is 6.01 Å². The largest absolute Gasteiger partial charge is 0.460 e. The van der Waals surface area contributed by atoms with Crippen LogP contribution in [0, 0.1) is 6.92 Å². The SMILES string of the molecule is Cc1cnc(OC2CCN(c3ccc(CN4CCC(F)(c5ccc6c(c5)CN(C5CCC(=O)NC5=O)C6=O)CC4)cc3)CC2)nc1. The molecule has 240 valence electrons. The van der Waals surface area contributed by atoms with E-state index >= 15 is 4.39 Å². The number of hydrogen-bond acceptors (Lipinski definition) is 8. The molecule has 1 aromatic heterocycles. The van der Waals surface area contributed by atoms with E-state index in [0.29, 0.717) is 49.5 Å². The fraction of sp³-hybridized carbons (Fsp3) is 0.457. The summed E-state index contributed by atoms with van der Waals surface area (Å²) in [6, 6.07) is 13.7. The predicted octanol–water partition coefficient (Wildman–Crippen LogP) is 4.05. The lowest BCUT2D eigenvalue weighted by Crippen LogP contribution is -2.52. The van der Waals surface area contributed by atoms with E-state index in [1.165, 1.54) is 16.2 Å². The Kier molecular flexibility index (Phi) is 8.18. The number of piperidine rings is 3. The van der Waals surface area contributed by atoms with E-state index in [1.807, 2.05) is 6.92 Å². The maximum Gasteiger partial charge on any atom is 0.316 e. The van der Waals surface area contributed by atoms with Crippen LogP contribution in [-0.2, 0) is 28.3 Å². The number of rotatable bonds is 7. The Morgan fingerprint density at radius 1 is 0.957 bits per heavy atom. The van der Waals surface area contributed by atoms with Crippen molar-refractivity contribution in [2.24, 2.45) is 0 Å². The van der Waals surface area contributed by atoms with Gasteiger partial charge in [-0.3, -0.25) is 24.6 Å². The average molecular weight is 627 g/mol. The fourth-order valence-electron chi connectivity index (χ4n) is 7.10. The number of nitrogens with one attached hydrogen (secondary N) is 1. The van der Waals surface area contributed by atoms with Gasteiger partial charge in [-0.2, -0.15) is 0 Å². The van der Waals surface area contributed by atoms with Gasteiger partial charge in [0.15, 0.2) is 0 Å². The second kappa shape index (κ2) is 12.4. The summed E-state index contributed by atoms with van der Waals surface area (Å²) < 4.78 is 22.3. The second-order valence-corrected chi connectivity index (χ2v) is 13.0. The Hall–Kier alpha value is -4.38. The van der Waals surface area contributed by atoms with Gasteiger partial charge < -0.3 is 14.5 Å². The number of amides is 3. The maximum atomic E-state index is 16.3. The average Bonchev–Trinajstić information content (AvgIpc) is 3.39. The van der Waals surface area contributed by atoms with E-state index in [4.69, 9.17) is 4.74 Å². The van der Waals surface area contributed by atoms with E-state index in [2.05, 4.69) is 49.4 Å². The molecule has 1 unspecified atom stereocenters. The Labute approximate surface area is 267 Å². The van der Waals surface area contributed by atoms with Gasteiger partial charge in [-0.15, -0.1) is 0 Å². The minimum Gasteiger partial charge on any atom is -0.460 e. The van der Waals surface area contributed by atoms with Crippen LogP contribution < -0.4 is 15.0 Å². The second-order valence-electron chi connectivity index (χ2n) is 13.0. The van der Waals surface area contributed by atoms with Gasteiger partial charge in [-0.25, -0.2) is 14.4 Å². The molecule has 46 heavy (non-hydrogen) atoms. The standard InChI is InChI=1S/C35H39FN6O4/c1-23-19-37-34(38-20-23)46-28-10-14-41(15-11-28)27-5-2-24(3-6-27)21-40-16-12-35(36,13-17-40)26-4-7-29-25(18-26)22-42(33(29)45)30-8-9-31(43)39-32(30)44/h2-7,18-20,28,30H,8-17,21-22H2,1H3,(H,39,43,44). The molecule has 3 aromatic rings. The van der Waals surface area contributed by atoms with Gasteiger partial charge in [-0.1, -0.05) is 24.3 Å². The van der Waals surface area contributed by atoms with Gasteiger partial charge in [0.25, 0.3) is 5.91 Å². The summed E-state index contributed by atoms with van der Waals surface area (Å²) in [7, 11) is 0. The van der Waals surface area contributed by atoms with Crippen molar-refractivity contribution in [3.8, 4) is 6.01 Å². The molecule has 4 aliphatic heterocycles. The van der Waals surface area contributed by atoms with Gasteiger partial charge in [0.2, 0.25) is 11.8 Å². The Balaban J connectivity index is 0.903. The highest BCUT2D eigenvalue weighted by Gasteiger charge is 2.41. The first-order chi connectivity index (χ1) is 22.2. The minimum absolute atomic E-state index is 0.117. The Morgan fingerprint density at radius 2 is 1.67 bits per heavy atom. The highest BCUT2D eigenvalue weighted by molar-refractivity contribution is 6.05. The van der Waals surface area contributed by atoms with Crippen LogP contribution in [0.15, 0.2) is 54.9 Å². The van der Waals surface area contributed by atoms with Crippen LogP contribution in [0.25, 0.3) is 0 Å². The highest BCUT2D eigenvalue weighted by atomic mass is 19.1. The van der Waals surface area contributed by atoms with E-state index in [0.717, 1.165) is 43.6 Å². The van der Waals surface area contributed by atoms with Crippen LogP contribution in [0.5, 0.6) is 6.01 Å². The number of halogens is 1. The number of alkyl halides is 1. The zero-order chi connectivity index (χ0) is 31.8. The summed E-state index contributed by atoms with van der Waals surface area (Å²) in [5.41, 5.74) is 3.78. The summed E-state index contributed by atoms with van der Waals surface area (Å²) >= 11 is 0. The van der Waals surface area contributed by atoms with Crippen LogP contribution >= 0.6 is 0 Å². The molecule has 1 N–H and O–H groups in total. The molecule has 0 aliphatic carbocycles. The van der Waals surface area contributed by atoms with Crippen molar-refractivity contribution in [3.05, 3.63) is 82.7 Å². The monoisotopic (exact) mass is 626 g/mol. The van der Waals surface area contributed by atoms with Crippen molar-refractivity contribution in [1.82, 2.24) is 25.1 Å². The van der Waals surface area contributed by atoms with Gasteiger partial charge in [0, 0.05) is 82.2 Å². The van der Waals surface area contributed by atoms with E-state index in [9.17, 15) is 14.4 Å².